The number of benzene rings is 1. The van der Waals surface area contributed by atoms with E-state index in [1.54, 1.807) is 6.07 Å². The molecular weight excluding hydrogens is 433 g/mol. The van der Waals surface area contributed by atoms with Crippen molar-refractivity contribution in [3.05, 3.63) is 52.3 Å². The average Bonchev–Trinajstić information content (AvgIpc) is 3.09. The summed E-state index contributed by atoms with van der Waals surface area (Å²) in [7, 11) is 0. The van der Waals surface area contributed by atoms with E-state index in [2.05, 4.69) is 10.3 Å². The highest BCUT2D eigenvalue weighted by Crippen LogP contribution is 2.32. The monoisotopic (exact) mass is 457 g/mol. The van der Waals surface area contributed by atoms with Gasteiger partial charge in [0.05, 0.1) is 11.4 Å². The van der Waals surface area contributed by atoms with Crippen LogP contribution < -0.4 is 16.0 Å². The summed E-state index contributed by atoms with van der Waals surface area (Å²) >= 11 is 1.26. The van der Waals surface area contributed by atoms with Gasteiger partial charge in [0.15, 0.2) is 0 Å². The predicted octanol–water partition coefficient (Wildman–Crippen LogP) is 3.10. The number of nitrogens with two attached hydrogens (primary N) is 1. The quantitative estimate of drug-likeness (QED) is 0.543. The lowest BCUT2D eigenvalue weighted by molar-refractivity contribution is 0.0959. The van der Waals surface area contributed by atoms with Crippen molar-refractivity contribution >= 4 is 44.9 Å². The molecule has 0 unspecified atom stereocenters. The topological polar surface area (TPSA) is 112 Å². The third-order valence-electron chi connectivity index (χ3n) is 5.54. The van der Waals surface area contributed by atoms with Gasteiger partial charge in [0.2, 0.25) is 0 Å². The van der Waals surface area contributed by atoms with E-state index in [0.29, 0.717) is 55.4 Å². The Hall–Kier alpha value is -3.40. The van der Waals surface area contributed by atoms with Crippen molar-refractivity contribution in [2.45, 2.75) is 13.3 Å². The Kier molecular flexibility index (Phi) is 6.13. The molecule has 3 aromatic rings. The Bertz CT molecular complexity index is 1170. The molecule has 2 amide bonds. The summed E-state index contributed by atoms with van der Waals surface area (Å²) in [5.74, 6) is -0.621. The summed E-state index contributed by atoms with van der Waals surface area (Å²) in [6, 6.07) is 8.73. The lowest BCUT2D eigenvalue weighted by Gasteiger charge is -2.34. The summed E-state index contributed by atoms with van der Waals surface area (Å²) in [6.07, 6.45) is -0.482. The summed E-state index contributed by atoms with van der Waals surface area (Å²) in [4.78, 5) is 32.3. The van der Waals surface area contributed by atoms with Crippen LogP contribution in [-0.2, 0) is 6.42 Å². The molecule has 4 rings (SSSR count). The van der Waals surface area contributed by atoms with Crippen LogP contribution in [0.5, 0.6) is 0 Å². The van der Waals surface area contributed by atoms with Crippen LogP contribution in [0.3, 0.4) is 0 Å². The molecule has 1 fully saturated rings. The number of fused-ring (bicyclic) bond motifs is 1. The van der Waals surface area contributed by atoms with Crippen LogP contribution in [0, 0.1) is 12.7 Å². The maximum atomic E-state index is 14.7. The molecule has 1 aromatic carbocycles. The molecule has 1 aliphatic heterocycles. The zero-order valence-corrected chi connectivity index (χ0v) is 18.4. The average molecular weight is 458 g/mol. The number of carbonyl (C=O) groups is 2. The van der Waals surface area contributed by atoms with Crippen LogP contribution in [0.15, 0.2) is 30.3 Å². The number of anilines is 2. The van der Waals surface area contributed by atoms with Crippen molar-refractivity contribution in [2.75, 3.05) is 43.4 Å². The molecule has 0 atom stereocenters. The predicted molar refractivity (Wildman–Crippen MR) is 123 cm³/mol. The number of rotatable bonds is 5. The molecular formula is C22H24FN5O3S. The number of hydrogen-bond donors (Lipinski definition) is 3. The second-order valence-electron chi connectivity index (χ2n) is 7.70. The van der Waals surface area contributed by atoms with Gasteiger partial charge in [-0.1, -0.05) is 6.07 Å². The first-order valence-electron chi connectivity index (χ1n) is 10.3. The number of halogens is 1. The first-order chi connectivity index (χ1) is 15.3. The Morgan fingerprint density at radius 2 is 1.97 bits per heavy atom. The minimum atomic E-state index is -0.953. The summed E-state index contributed by atoms with van der Waals surface area (Å²) < 4.78 is 14.7. The molecule has 0 radical (unpaired) electrons. The van der Waals surface area contributed by atoms with Crippen LogP contribution in [0.2, 0.25) is 0 Å². The molecule has 1 aliphatic rings. The van der Waals surface area contributed by atoms with Crippen LogP contribution in [0.4, 0.5) is 20.6 Å². The summed E-state index contributed by atoms with van der Waals surface area (Å²) in [5.41, 5.74) is 8.63. The molecule has 0 aliphatic carbocycles. The number of amides is 2. The van der Waals surface area contributed by atoms with Crippen LogP contribution in [0.25, 0.3) is 10.2 Å². The van der Waals surface area contributed by atoms with Crippen molar-refractivity contribution in [3.8, 4) is 0 Å². The smallest absolute Gasteiger partial charge is 0.407 e. The van der Waals surface area contributed by atoms with Gasteiger partial charge in [0, 0.05) is 43.8 Å². The molecule has 4 N–H and O–H groups in total. The number of carboxylic acid groups (broad SMARTS) is 1. The Balaban J connectivity index is 1.34. The Morgan fingerprint density at radius 3 is 2.66 bits per heavy atom. The fourth-order valence-corrected chi connectivity index (χ4v) is 4.82. The standard InChI is InChI=1S/C22H24FN5O3S/c1-13-2-4-15-18(24)19(32-21(15)26-13)20(29)25-7-6-14-3-5-17(16(23)12-14)27-8-10-28(11-9-27)22(30)31/h2-5,12H,6-11,24H2,1H3,(H,25,29)(H,30,31). The van der Waals surface area contributed by atoms with Gasteiger partial charge in [0.1, 0.15) is 15.5 Å². The number of aromatic nitrogens is 1. The lowest BCUT2D eigenvalue weighted by atomic mass is 10.1. The maximum absolute atomic E-state index is 14.7. The van der Waals surface area contributed by atoms with E-state index < -0.39 is 6.09 Å². The van der Waals surface area contributed by atoms with Gasteiger partial charge in [-0.3, -0.25) is 4.79 Å². The maximum Gasteiger partial charge on any atom is 0.407 e. The molecule has 168 valence electrons. The number of nitrogen functional groups attached to an aromatic ring is 1. The van der Waals surface area contributed by atoms with Gasteiger partial charge in [-0.2, -0.15) is 0 Å². The number of carbonyl (C=O) groups excluding carboxylic acids is 1. The van der Waals surface area contributed by atoms with Crippen LogP contribution >= 0.6 is 11.3 Å². The Labute approximate surface area is 188 Å². The number of pyridine rings is 1. The second-order valence-corrected chi connectivity index (χ2v) is 8.70. The number of hydrogen-bond acceptors (Lipinski definition) is 6. The number of aryl methyl sites for hydroxylation is 1. The van der Waals surface area contributed by atoms with E-state index in [-0.39, 0.29) is 11.7 Å². The molecule has 0 spiro atoms. The SMILES string of the molecule is Cc1ccc2c(N)c(C(=O)NCCc3ccc(N4CCN(C(=O)O)CC4)c(F)c3)sc2n1. The molecule has 0 bridgehead atoms. The van der Waals surface area contributed by atoms with Gasteiger partial charge >= 0.3 is 6.09 Å². The zero-order chi connectivity index (χ0) is 22.8. The van der Waals surface area contributed by atoms with Crippen molar-refractivity contribution in [1.29, 1.82) is 0 Å². The van der Waals surface area contributed by atoms with Gasteiger partial charge in [-0.05, 0) is 43.2 Å². The van der Waals surface area contributed by atoms with Gasteiger partial charge < -0.3 is 26.0 Å². The largest absolute Gasteiger partial charge is 0.465 e. The fraction of sp³-hybridized carbons (Fsp3) is 0.318. The van der Waals surface area contributed by atoms with E-state index in [9.17, 15) is 14.0 Å². The number of nitrogens with one attached hydrogen (secondary N) is 1. The zero-order valence-electron chi connectivity index (χ0n) is 17.6. The van der Waals surface area contributed by atoms with E-state index in [1.165, 1.54) is 22.3 Å². The highest BCUT2D eigenvalue weighted by Gasteiger charge is 2.22. The van der Waals surface area contributed by atoms with Crippen molar-refractivity contribution < 1.29 is 19.1 Å². The third kappa shape index (κ3) is 4.45. The molecule has 3 heterocycles. The van der Waals surface area contributed by atoms with E-state index >= 15 is 0 Å². The van der Waals surface area contributed by atoms with E-state index in [4.69, 9.17) is 10.8 Å². The normalized spacial score (nSPS) is 14.1. The van der Waals surface area contributed by atoms with Gasteiger partial charge in [-0.25, -0.2) is 14.2 Å². The lowest BCUT2D eigenvalue weighted by Crippen LogP contribution is -2.48. The molecule has 8 nitrogen and oxygen atoms in total. The molecule has 32 heavy (non-hydrogen) atoms. The molecule has 10 heteroatoms. The number of piperazine rings is 1. The first-order valence-corrected chi connectivity index (χ1v) is 11.1. The highest BCUT2D eigenvalue weighted by atomic mass is 32.1. The van der Waals surface area contributed by atoms with Crippen LogP contribution in [0.1, 0.15) is 20.9 Å². The highest BCUT2D eigenvalue weighted by molar-refractivity contribution is 7.21. The molecule has 0 saturated carbocycles. The Morgan fingerprint density at radius 1 is 1.22 bits per heavy atom. The van der Waals surface area contributed by atoms with E-state index in [1.807, 2.05) is 30.0 Å². The first kappa shape index (κ1) is 21.8. The summed E-state index contributed by atoms with van der Waals surface area (Å²) in [6.45, 7) is 3.81. The molecule has 2 aromatic heterocycles. The minimum absolute atomic E-state index is 0.267. The number of thiophene rings is 1. The van der Waals surface area contributed by atoms with Crippen molar-refractivity contribution in [1.82, 2.24) is 15.2 Å². The third-order valence-corrected chi connectivity index (χ3v) is 6.66. The fourth-order valence-electron chi connectivity index (χ4n) is 3.76. The summed E-state index contributed by atoms with van der Waals surface area (Å²) in [5, 5.41) is 12.7. The number of nitrogens with zero attached hydrogens (tertiary/aromatic N) is 3. The van der Waals surface area contributed by atoms with Crippen molar-refractivity contribution in [3.63, 3.8) is 0 Å². The molecule has 1 saturated heterocycles. The second kappa shape index (κ2) is 8.99. The van der Waals surface area contributed by atoms with Crippen molar-refractivity contribution in [2.24, 2.45) is 0 Å². The van der Waals surface area contributed by atoms with Gasteiger partial charge in [-0.15, -0.1) is 11.3 Å². The van der Waals surface area contributed by atoms with Gasteiger partial charge in [0.25, 0.3) is 5.91 Å². The van der Waals surface area contributed by atoms with Crippen LogP contribution in [-0.4, -0.2) is 59.7 Å². The minimum Gasteiger partial charge on any atom is -0.465 e. The van der Waals surface area contributed by atoms with E-state index in [0.717, 1.165) is 21.5 Å².